The average molecular weight is 442 g/mol. The van der Waals surface area contributed by atoms with Crippen LogP contribution in [-0.2, 0) is 4.74 Å². The third-order valence-corrected chi connectivity index (χ3v) is 5.36. The fraction of sp³-hybridized carbons (Fsp3) is 0.217. The normalized spacial score (nSPS) is 13.7. The van der Waals surface area contributed by atoms with Gasteiger partial charge in [0.25, 0.3) is 5.91 Å². The molecule has 1 amide bonds. The summed E-state index contributed by atoms with van der Waals surface area (Å²) in [4.78, 5) is 36.4. The minimum Gasteiger partial charge on any atom is -0.378 e. The number of rotatable bonds is 5. The molecule has 1 aromatic carbocycles. The second-order valence-corrected chi connectivity index (χ2v) is 7.56. The Bertz CT molecular complexity index is 1300. The van der Waals surface area contributed by atoms with E-state index in [2.05, 4.69) is 40.5 Å². The zero-order valence-electron chi connectivity index (χ0n) is 18.0. The molecule has 3 aromatic heterocycles. The van der Waals surface area contributed by atoms with Crippen LogP contribution in [0.4, 0.5) is 23.0 Å². The van der Waals surface area contributed by atoms with Crippen LogP contribution in [0.1, 0.15) is 15.9 Å². The van der Waals surface area contributed by atoms with Gasteiger partial charge in [-0.25, -0.2) is 24.9 Å². The molecular formula is C23H22N8O2. The van der Waals surface area contributed by atoms with E-state index in [0.29, 0.717) is 41.4 Å². The summed E-state index contributed by atoms with van der Waals surface area (Å²) in [5, 5.41) is 6.26. The first kappa shape index (κ1) is 20.7. The molecule has 0 unspecified atom stereocenters. The summed E-state index contributed by atoms with van der Waals surface area (Å²) in [6.45, 7) is 4.80. The lowest BCUT2D eigenvalue weighted by molar-refractivity contribution is 0.102. The van der Waals surface area contributed by atoms with Crippen LogP contribution < -0.4 is 15.5 Å². The van der Waals surface area contributed by atoms with Gasteiger partial charge in [0.05, 0.1) is 13.2 Å². The second-order valence-electron chi connectivity index (χ2n) is 7.56. The van der Waals surface area contributed by atoms with Gasteiger partial charge in [0.15, 0.2) is 17.0 Å². The molecule has 0 atom stereocenters. The number of nitrogens with zero attached hydrogens (tertiary/aromatic N) is 6. The Balaban J connectivity index is 1.35. The number of anilines is 4. The zero-order chi connectivity index (χ0) is 22.6. The molecule has 4 heterocycles. The molecule has 0 bridgehead atoms. The Kier molecular flexibility index (Phi) is 5.73. The lowest BCUT2D eigenvalue weighted by Gasteiger charge is -2.27. The Hall–Kier alpha value is -4.18. The number of pyridine rings is 1. The predicted molar refractivity (Wildman–Crippen MR) is 125 cm³/mol. The summed E-state index contributed by atoms with van der Waals surface area (Å²) >= 11 is 0. The first-order valence-electron chi connectivity index (χ1n) is 10.6. The van der Waals surface area contributed by atoms with Gasteiger partial charge >= 0.3 is 0 Å². The van der Waals surface area contributed by atoms with E-state index in [1.807, 2.05) is 25.1 Å². The number of amides is 1. The highest BCUT2D eigenvalue weighted by Crippen LogP contribution is 2.26. The minimum atomic E-state index is -0.208. The monoisotopic (exact) mass is 442 g/mol. The van der Waals surface area contributed by atoms with E-state index >= 15 is 0 Å². The zero-order valence-corrected chi connectivity index (χ0v) is 18.0. The molecule has 2 N–H and O–H groups in total. The highest BCUT2D eigenvalue weighted by Gasteiger charge is 2.15. The van der Waals surface area contributed by atoms with Gasteiger partial charge in [-0.15, -0.1) is 0 Å². The van der Waals surface area contributed by atoms with Crippen molar-refractivity contribution >= 4 is 40.1 Å². The summed E-state index contributed by atoms with van der Waals surface area (Å²) in [6.07, 6.45) is 6.28. The molecule has 1 fully saturated rings. The molecular weight excluding hydrogens is 420 g/mol. The van der Waals surface area contributed by atoms with Crippen molar-refractivity contribution in [2.45, 2.75) is 6.92 Å². The largest absolute Gasteiger partial charge is 0.378 e. The average Bonchev–Trinajstić information content (AvgIpc) is 2.87. The molecule has 4 aromatic rings. The summed E-state index contributed by atoms with van der Waals surface area (Å²) in [6, 6.07) is 9.17. The Morgan fingerprint density at radius 2 is 1.82 bits per heavy atom. The van der Waals surface area contributed by atoms with Crippen molar-refractivity contribution in [3.63, 3.8) is 0 Å². The molecule has 1 saturated heterocycles. The maximum atomic E-state index is 12.9. The SMILES string of the molecule is Cc1ccc(NC(=O)c2ccnc(N3CCOCC3)c2)cc1Nc1ncnc2nccnc12. The maximum absolute atomic E-state index is 12.9. The first-order valence-corrected chi connectivity index (χ1v) is 10.6. The molecule has 0 radical (unpaired) electrons. The molecule has 10 nitrogen and oxygen atoms in total. The molecule has 0 aliphatic carbocycles. The van der Waals surface area contributed by atoms with Crippen LogP contribution in [0, 0.1) is 6.92 Å². The van der Waals surface area contributed by atoms with E-state index in [1.165, 1.54) is 6.33 Å². The van der Waals surface area contributed by atoms with Crippen LogP contribution in [-0.4, -0.2) is 57.1 Å². The molecule has 0 spiro atoms. The van der Waals surface area contributed by atoms with Gasteiger partial charge in [0, 0.05) is 48.6 Å². The third kappa shape index (κ3) is 4.55. The van der Waals surface area contributed by atoms with Crippen molar-refractivity contribution in [2.75, 3.05) is 41.8 Å². The molecule has 5 rings (SSSR count). The summed E-state index contributed by atoms with van der Waals surface area (Å²) in [5.41, 5.74) is 4.05. The number of aromatic nitrogens is 5. The number of carbonyl (C=O) groups excluding carboxylic acids is 1. The highest BCUT2D eigenvalue weighted by molar-refractivity contribution is 6.05. The van der Waals surface area contributed by atoms with Crippen molar-refractivity contribution in [1.29, 1.82) is 0 Å². The predicted octanol–water partition coefficient (Wildman–Crippen LogP) is 2.96. The van der Waals surface area contributed by atoms with E-state index < -0.39 is 0 Å². The van der Waals surface area contributed by atoms with Crippen molar-refractivity contribution < 1.29 is 9.53 Å². The van der Waals surface area contributed by atoms with Crippen LogP contribution in [0.2, 0.25) is 0 Å². The third-order valence-electron chi connectivity index (χ3n) is 5.36. The molecule has 0 saturated carbocycles. The van der Waals surface area contributed by atoms with E-state index in [-0.39, 0.29) is 5.91 Å². The summed E-state index contributed by atoms with van der Waals surface area (Å²) in [7, 11) is 0. The van der Waals surface area contributed by atoms with Crippen LogP contribution in [0.25, 0.3) is 11.2 Å². The molecule has 1 aliphatic rings. The van der Waals surface area contributed by atoms with Gasteiger partial charge < -0.3 is 20.3 Å². The lowest BCUT2D eigenvalue weighted by Crippen LogP contribution is -2.36. The lowest BCUT2D eigenvalue weighted by atomic mass is 10.1. The fourth-order valence-electron chi connectivity index (χ4n) is 3.58. The Morgan fingerprint density at radius 3 is 2.70 bits per heavy atom. The van der Waals surface area contributed by atoms with E-state index in [4.69, 9.17) is 4.74 Å². The number of carbonyl (C=O) groups is 1. The fourth-order valence-corrected chi connectivity index (χ4v) is 3.58. The second kappa shape index (κ2) is 9.13. The van der Waals surface area contributed by atoms with Gasteiger partial charge in [-0.05, 0) is 36.8 Å². The number of hydrogen-bond donors (Lipinski definition) is 2. The van der Waals surface area contributed by atoms with E-state index in [0.717, 1.165) is 30.2 Å². The van der Waals surface area contributed by atoms with Gasteiger partial charge in [-0.2, -0.15) is 0 Å². The summed E-state index contributed by atoms with van der Waals surface area (Å²) in [5.74, 6) is 1.11. The van der Waals surface area contributed by atoms with Crippen molar-refractivity contribution in [1.82, 2.24) is 24.9 Å². The van der Waals surface area contributed by atoms with Crippen molar-refractivity contribution in [3.8, 4) is 0 Å². The van der Waals surface area contributed by atoms with Crippen LogP contribution >= 0.6 is 0 Å². The molecule has 33 heavy (non-hydrogen) atoms. The topological polar surface area (TPSA) is 118 Å². The number of nitrogens with one attached hydrogen (secondary N) is 2. The maximum Gasteiger partial charge on any atom is 0.255 e. The highest BCUT2D eigenvalue weighted by atomic mass is 16.5. The number of hydrogen-bond acceptors (Lipinski definition) is 9. The van der Waals surface area contributed by atoms with Gasteiger partial charge in [0.2, 0.25) is 0 Å². The van der Waals surface area contributed by atoms with Crippen LogP contribution in [0.3, 0.4) is 0 Å². The van der Waals surface area contributed by atoms with Crippen molar-refractivity contribution in [3.05, 3.63) is 66.4 Å². The molecule has 166 valence electrons. The summed E-state index contributed by atoms with van der Waals surface area (Å²) < 4.78 is 5.40. The quantitative estimate of drug-likeness (QED) is 0.481. The van der Waals surface area contributed by atoms with Crippen LogP contribution in [0.15, 0.2) is 55.2 Å². The van der Waals surface area contributed by atoms with E-state index in [9.17, 15) is 4.79 Å². The van der Waals surface area contributed by atoms with Gasteiger partial charge in [-0.3, -0.25) is 4.79 Å². The number of benzene rings is 1. The Labute approximate surface area is 190 Å². The molecule has 10 heteroatoms. The standard InChI is InChI=1S/C23H22N8O2/c1-15-2-3-17(13-18(15)30-22-20-21(27-14-28-22)26-7-6-25-20)29-23(32)16-4-5-24-19(12-16)31-8-10-33-11-9-31/h2-7,12-14H,8-11H2,1H3,(H,29,32)(H,26,27,28,30). The number of ether oxygens (including phenoxy) is 1. The first-order chi connectivity index (χ1) is 16.2. The van der Waals surface area contributed by atoms with Gasteiger partial charge in [0.1, 0.15) is 12.1 Å². The molecule has 1 aliphatic heterocycles. The van der Waals surface area contributed by atoms with Crippen molar-refractivity contribution in [2.24, 2.45) is 0 Å². The van der Waals surface area contributed by atoms with Gasteiger partial charge in [-0.1, -0.05) is 6.07 Å². The van der Waals surface area contributed by atoms with Crippen LogP contribution in [0.5, 0.6) is 0 Å². The minimum absolute atomic E-state index is 0.208. The van der Waals surface area contributed by atoms with E-state index in [1.54, 1.807) is 30.7 Å². The number of morpholine rings is 1. The Morgan fingerprint density at radius 1 is 0.970 bits per heavy atom. The number of fused-ring (bicyclic) bond motifs is 1. The smallest absolute Gasteiger partial charge is 0.255 e. The number of aryl methyl sites for hydroxylation is 1.